The molecule has 0 unspecified atom stereocenters. The van der Waals surface area contributed by atoms with Crippen LogP contribution in [0.25, 0.3) is 11.4 Å². The summed E-state index contributed by atoms with van der Waals surface area (Å²) in [6.45, 7) is 4.01. The molecular formula is C18H23N7S. The van der Waals surface area contributed by atoms with Crippen molar-refractivity contribution in [3.8, 4) is 11.4 Å². The lowest BCUT2D eigenvalue weighted by molar-refractivity contribution is 0.745. The molecule has 1 saturated carbocycles. The molecule has 2 atom stereocenters. The average Bonchev–Trinajstić information content (AvgIpc) is 3.11. The fourth-order valence-corrected chi connectivity index (χ4v) is 4.33. The van der Waals surface area contributed by atoms with E-state index in [2.05, 4.69) is 16.0 Å². The smallest absolute Gasteiger partial charge is 0.166 e. The predicted octanol–water partition coefficient (Wildman–Crippen LogP) is 2.72. The highest BCUT2D eigenvalue weighted by Gasteiger charge is 2.42. The molecule has 0 bridgehead atoms. The largest absolute Gasteiger partial charge is 0.395 e. The Kier molecular flexibility index (Phi) is 3.96. The van der Waals surface area contributed by atoms with Gasteiger partial charge in [0.05, 0.1) is 27.8 Å². The van der Waals surface area contributed by atoms with Crippen molar-refractivity contribution >= 4 is 22.8 Å². The topological polar surface area (TPSA) is 98.9 Å². The first-order valence-electron chi connectivity index (χ1n) is 8.57. The number of aryl methyl sites for hydroxylation is 3. The molecule has 0 aromatic carbocycles. The minimum Gasteiger partial charge on any atom is -0.395 e. The van der Waals surface area contributed by atoms with Crippen LogP contribution in [0.4, 0.5) is 11.5 Å². The zero-order valence-electron chi connectivity index (χ0n) is 15.4. The zero-order valence-corrected chi connectivity index (χ0v) is 16.2. The number of nitrogens with zero attached hydrogens (tertiary/aromatic N) is 5. The van der Waals surface area contributed by atoms with Crippen LogP contribution >= 0.6 is 11.3 Å². The fourth-order valence-electron chi connectivity index (χ4n) is 3.36. The minimum atomic E-state index is 0.460. The number of hydrogen-bond acceptors (Lipinski definition) is 7. The number of anilines is 2. The van der Waals surface area contributed by atoms with E-state index in [-0.39, 0.29) is 0 Å². The lowest BCUT2D eigenvalue weighted by atomic mass is 10.1. The standard InChI is InChI=1S/C18H23N7S/c1-9-5-14(22-18(17(9)19)24(3)20)15-7-13(23-25(15)4)11-6-12(11)16-8-21-10(2)26-16/h5,7-8,11-12H,6,19-20H2,1-4H3/t11-,12-/m1/s1. The Labute approximate surface area is 156 Å². The summed E-state index contributed by atoms with van der Waals surface area (Å²) in [6.07, 6.45) is 3.13. The predicted molar refractivity (Wildman–Crippen MR) is 105 cm³/mol. The van der Waals surface area contributed by atoms with Crippen LogP contribution in [-0.2, 0) is 7.05 Å². The highest BCUT2D eigenvalue weighted by molar-refractivity contribution is 7.11. The maximum absolute atomic E-state index is 6.11. The summed E-state index contributed by atoms with van der Waals surface area (Å²) in [7, 11) is 3.69. The summed E-state index contributed by atoms with van der Waals surface area (Å²) in [5.74, 6) is 7.45. The van der Waals surface area contributed by atoms with Crippen LogP contribution in [0, 0.1) is 13.8 Å². The van der Waals surface area contributed by atoms with E-state index in [1.165, 1.54) is 9.89 Å². The molecule has 1 fully saturated rings. The molecule has 136 valence electrons. The number of nitrogen functional groups attached to an aromatic ring is 1. The van der Waals surface area contributed by atoms with Gasteiger partial charge in [0.1, 0.15) is 0 Å². The first-order chi connectivity index (χ1) is 12.3. The van der Waals surface area contributed by atoms with Crippen LogP contribution in [0.1, 0.15) is 39.4 Å². The number of hydrogen-bond donors (Lipinski definition) is 2. The highest BCUT2D eigenvalue weighted by atomic mass is 32.1. The Morgan fingerprint density at radius 2 is 2.04 bits per heavy atom. The highest BCUT2D eigenvalue weighted by Crippen LogP contribution is 2.55. The van der Waals surface area contributed by atoms with E-state index in [0.717, 1.165) is 34.1 Å². The molecule has 8 heteroatoms. The van der Waals surface area contributed by atoms with Crippen LogP contribution in [0.3, 0.4) is 0 Å². The normalized spacial score (nSPS) is 19.0. The molecule has 1 aliphatic carbocycles. The van der Waals surface area contributed by atoms with E-state index < -0.39 is 0 Å². The van der Waals surface area contributed by atoms with Crippen molar-refractivity contribution in [2.75, 3.05) is 17.8 Å². The van der Waals surface area contributed by atoms with Crippen LogP contribution in [0.15, 0.2) is 18.3 Å². The van der Waals surface area contributed by atoms with Gasteiger partial charge in [-0.25, -0.2) is 15.8 Å². The molecule has 0 amide bonds. The molecule has 26 heavy (non-hydrogen) atoms. The van der Waals surface area contributed by atoms with Gasteiger partial charge in [0.25, 0.3) is 0 Å². The van der Waals surface area contributed by atoms with E-state index >= 15 is 0 Å². The maximum Gasteiger partial charge on any atom is 0.166 e. The van der Waals surface area contributed by atoms with Gasteiger partial charge in [-0.1, -0.05) is 0 Å². The average molecular weight is 369 g/mol. The Balaban J connectivity index is 1.66. The summed E-state index contributed by atoms with van der Waals surface area (Å²) in [5.41, 5.74) is 10.6. The molecule has 4 N–H and O–H groups in total. The molecule has 3 heterocycles. The number of nitrogens with two attached hydrogens (primary N) is 2. The quantitative estimate of drug-likeness (QED) is 0.542. The van der Waals surface area contributed by atoms with Crippen LogP contribution in [-0.4, -0.2) is 26.8 Å². The molecule has 0 aliphatic heterocycles. The number of rotatable bonds is 4. The third-order valence-electron chi connectivity index (χ3n) is 4.92. The maximum atomic E-state index is 6.11. The van der Waals surface area contributed by atoms with E-state index in [4.69, 9.17) is 16.7 Å². The van der Waals surface area contributed by atoms with Crippen molar-refractivity contribution in [3.63, 3.8) is 0 Å². The van der Waals surface area contributed by atoms with Gasteiger partial charge in [-0.3, -0.25) is 9.69 Å². The number of hydrazine groups is 1. The summed E-state index contributed by atoms with van der Waals surface area (Å²) in [6, 6.07) is 4.12. The molecule has 7 nitrogen and oxygen atoms in total. The molecular weight excluding hydrogens is 346 g/mol. The van der Waals surface area contributed by atoms with Gasteiger partial charge in [0, 0.05) is 37.0 Å². The molecule has 0 radical (unpaired) electrons. The Hall–Kier alpha value is -2.45. The van der Waals surface area contributed by atoms with Gasteiger partial charge in [-0.15, -0.1) is 11.3 Å². The van der Waals surface area contributed by atoms with Gasteiger partial charge < -0.3 is 5.73 Å². The third-order valence-corrected chi connectivity index (χ3v) is 5.96. The first kappa shape index (κ1) is 17.0. The van der Waals surface area contributed by atoms with Crippen LogP contribution < -0.4 is 16.6 Å². The van der Waals surface area contributed by atoms with Crippen molar-refractivity contribution in [2.24, 2.45) is 12.9 Å². The Morgan fingerprint density at radius 3 is 2.69 bits per heavy atom. The van der Waals surface area contributed by atoms with Gasteiger partial charge in [-0.05, 0) is 38.0 Å². The fraction of sp³-hybridized carbons (Fsp3) is 0.389. The first-order valence-corrected chi connectivity index (χ1v) is 9.39. The van der Waals surface area contributed by atoms with Crippen molar-refractivity contribution in [1.82, 2.24) is 19.7 Å². The van der Waals surface area contributed by atoms with Crippen molar-refractivity contribution in [1.29, 1.82) is 0 Å². The monoisotopic (exact) mass is 369 g/mol. The lowest BCUT2D eigenvalue weighted by Gasteiger charge is -2.16. The minimum absolute atomic E-state index is 0.460. The second kappa shape index (κ2) is 6.07. The molecule has 0 saturated heterocycles. The zero-order chi connectivity index (χ0) is 18.6. The van der Waals surface area contributed by atoms with E-state index in [0.29, 0.717) is 23.3 Å². The number of pyridine rings is 1. The summed E-state index contributed by atoms with van der Waals surface area (Å²) >= 11 is 1.78. The van der Waals surface area contributed by atoms with Crippen molar-refractivity contribution < 1.29 is 0 Å². The lowest BCUT2D eigenvalue weighted by Crippen LogP contribution is -2.27. The summed E-state index contributed by atoms with van der Waals surface area (Å²) in [5, 5.41) is 7.31. The van der Waals surface area contributed by atoms with Crippen LogP contribution in [0.2, 0.25) is 0 Å². The Bertz CT molecular complexity index is 972. The van der Waals surface area contributed by atoms with Gasteiger partial charge in [0.15, 0.2) is 5.82 Å². The summed E-state index contributed by atoms with van der Waals surface area (Å²) < 4.78 is 1.89. The molecule has 4 rings (SSSR count). The summed E-state index contributed by atoms with van der Waals surface area (Å²) in [4.78, 5) is 10.4. The molecule has 0 spiro atoms. The van der Waals surface area contributed by atoms with Crippen molar-refractivity contribution in [2.45, 2.75) is 32.1 Å². The van der Waals surface area contributed by atoms with E-state index in [9.17, 15) is 0 Å². The van der Waals surface area contributed by atoms with E-state index in [1.807, 2.05) is 37.8 Å². The van der Waals surface area contributed by atoms with Gasteiger partial charge in [0.2, 0.25) is 0 Å². The molecule has 1 aliphatic rings. The molecule has 3 aromatic heterocycles. The SMILES string of the molecule is Cc1ncc([C@@H]2C[C@H]2c2cc(-c3cc(C)c(N)c(N(C)N)n3)n(C)n2)s1. The van der Waals surface area contributed by atoms with Gasteiger partial charge >= 0.3 is 0 Å². The number of thiazole rings is 1. The van der Waals surface area contributed by atoms with Crippen LogP contribution in [0.5, 0.6) is 0 Å². The van der Waals surface area contributed by atoms with Gasteiger partial charge in [-0.2, -0.15) is 5.10 Å². The molecule has 3 aromatic rings. The second-order valence-corrected chi connectivity index (χ2v) is 8.25. The van der Waals surface area contributed by atoms with Crippen molar-refractivity contribution in [3.05, 3.63) is 39.5 Å². The third kappa shape index (κ3) is 2.85. The number of aromatic nitrogens is 4. The Morgan fingerprint density at radius 1 is 1.27 bits per heavy atom. The van der Waals surface area contributed by atoms with E-state index in [1.54, 1.807) is 18.4 Å². The second-order valence-electron chi connectivity index (χ2n) is 6.98.